The van der Waals surface area contributed by atoms with Gasteiger partial charge in [-0.3, -0.25) is 0 Å². The summed E-state index contributed by atoms with van der Waals surface area (Å²) in [5, 5.41) is 9.68. The Morgan fingerprint density at radius 3 is 2.67 bits per heavy atom. The molecule has 2 nitrogen and oxygen atoms in total. The second-order valence-electron chi connectivity index (χ2n) is 4.85. The van der Waals surface area contributed by atoms with Crippen molar-refractivity contribution in [1.29, 1.82) is 0 Å². The molecule has 0 unspecified atom stereocenters. The van der Waals surface area contributed by atoms with E-state index in [0.29, 0.717) is 17.8 Å². The summed E-state index contributed by atoms with van der Waals surface area (Å²) in [6, 6.07) is 0. The number of hydrogen-bond acceptors (Lipinski definition) is 2. The summed E-state index contributed by atoms with van der Waals surface area (Å²) in [6.45, 7) is 7.26. The minimum Gasteiger partial charge on any atom is -0.393 e. The van der Waals surface area contributed by atoms with Crippen molar-refractivity contribution in [3.05, 3.63) is 0 Å². The third-order valence-electron chi connectivity index (χ3n) is 3.84. The standard InChI is InChI=1S/C10H18O2/c1-6-7-5-12-10(2,3)8(7)4-9(6)11/h6-9,11H,4-5H2,1-3H3/t6-,7+,8-,9-/m0/s1. The molecule has 2 heteroatoms. The SMILES string of the molecule is C[C@H]1[C@H]2COC(C)(C)[C@H]2C[C@@H]1O. The lowest BCUT2D eigenvalue weighted by molar-refractivity contribution is -0.00632. The zero-order valence-electron chi connectivity index (χ0n) is 8.08. The molecule has 1 heterocycles. The fourth-order valence-corrected chi connectivity index (χ4v) is 2.79. The summed E-state index contributed by atoms with van der Waals surface area (Å²) in [7, 11) is 0. The topological polar surface area (TPSA) is 29.5 Å². The Labute approximate surface area is 73.9 Å². The van der Waals surface area contributed by atoms with Crippen LogP contribution in [0.3, 0.4) is 0 Å². The summed E-state index contributed by atoms with van der Waals surface area (Å²) in [6.07, 6.45) is 0.835. The van der Waals surface area contributed by atoms with Crippen LogP contribution in [0, 0.1) is 17.8 Å². The molecule has 0 aromatic carbocycles. The molecule has 1 aliphatic heterocycles. The minimum absolute atomic E-state index is 0.00356. The van der Waals surface area contributed by atoms with E-state index >= 15 is 0 Å². The molecule has 4 atom stereocenters. The van der Waals surface area contributed by atoms with Gasteiger partial charge in [0.1, 0.15) is 0 Å². The van der Waals surface area contributed by atoms with Crippen LogP contribution in [0.2, 0.25) is 0 Å². The third-order valence-corrected chi connectivity index (χ3v) is 3.84. The Hall–Kier alpha value is -0.0800. The summed E-state index contributed by atoms with van der Waals surface area (Å²) in [5.41, 5.74) is -0.00356. The highest BCUT2D eigenvalue weighted by Gasteiger charge is 2.52. The van der Waals surface area contributed by atoms with E-state index < -0.39 is 0 Å². The molecule has 0 radical (unpaired) electrons. The van der Waals surface area contributed by atoms with Gasteiger partial charge in [-0.05, 0) is 38.0 Å². The number of rotatable bonds is 0. The minimum atomic E-state index is -0.0943. The molecule has 1 N–H and O–H groups in total. The Kier molecular flexibility index (Phi) is 1.74. The van der Waals surface area contributed by atoms with Crippen LogP contribution < -0.4 is 0 Å². The summed E-state index contributed by atoms with van der Waals surface area (Å²) in [5.74, 6) is 1.59. The van der Waals surface area contributed by atoms with E-state index in [-0.39, 0.29) is 11.7 Å². The fraction of sp³-hybridized carbons (Fsp3) is 1.00. The first-order chi connectivity index (χ1) is 5.52. The highest BCUT2D eigenvalue weighted by atomic mass is 16.5. The monoisotopic (exact) mass is 170 g/mol. The van der Waals surface area contributed by atoms with E-state index in [2.05, 4.69) is 20.8 Å². The van der Waals surface area contributed by atoms with Gasteiger partial charge in [-0.25, -0.2) is 0 Å². The van der Waals surface area contributed by atoms with Crippen LogP contribution in [-0.2, 0) is 4.74 Å². The molecule has 0 aromatic heterocycles. The maximum atomic E-state index is 9.68. The van der Waals surface area contributed by atoms with Crippen LogP contribution in [0.15, 0.2) is 0 Å². The Morgan fingerprint density at radius 1 is 1.42 bits per heavy atom. The lowest BCUT2D eigenvalue weighted by Crippen LogP contribution is -2.28. The van der Waals surface area contributed by atoms with Crippen LogP contribution in [0.5, 0.6) is 0 Å². The van der Waals surface area contributed by atoms with E-state index in [1.54, 1.807) is 0 Å². The van der Waals surface area contributed by atoms with Gasteiger partial charge in [0, 0.05) is 0 Å². The van der Waals surface area contributed by atoms with E-state index in [9.17, 15) is 5.11 Å². The molecule has 0 amide bonds. The first kappa shape index (κ1) is 8.52. The largest absolute Gasteiger partial charge is 0.393 e. The van der Waals surface area contributed by atoms with Crippen molar-refractivity contribution in [1.82, 2.24) is 0 Å². The predicted molar refractivity (Wildman–Crippen MR) is 46.8 cm³/mol. The second kappa shape index (κ2) is 2.46. The van der Waals surface area contributed by atoms with Crippen molar-refractivity contribution in [3.8, 4) is 0 Å². The molecule has 0 aromatic rings. The molecule has 2 aliphatic rings. The first-order valence-electron chi connectivity index (χ1n) is 4.84. The first-order valence-corrected chi connectivity index (χ1v) is 4.84. The molecule has 1 saturated carbocycles. The zero-order chi connectivity index (χ0) is 8.93. The van der Waals surface area contributed by atoms with E-state index in [0.717, 1.165) is 13.0 Å². The molecule has 1 saturated heterocycles. The van der Waals surface area contributed by atoms with Crippen LogP contribution in [0.4, 0.5) is 0 Å². The summed E-state index contributed by atoms with van der Waals surface area (Å²) >= 11 is 0. The van der Waals surface area contributed by atoms with Crippen LogP contribution >= 0.6 is 0 Å². The molecule has 2 fully saturated rings. The molecule has 0 bridgehead atoms. The van der Waals surface area contributed by atoms with Crippen molar-refractivity contribution in [2.75, 3.05) is 6.61 Å². The van der Waals surface area contributed by atoms with Crippen molar-refractivity contribution < 1.29 is 9.84 Å². The van der Waals surface area contributed by atoms with Gasteiger partial charge in [-0.2, -0.15) is 0 Å². The number of fused-ring (bicyclic) bond motifs is 1. The highest BCUT2D eigenvalue weighted by molar-refractivity contribution is 5.00. The predicted octanol–water partition coefficient (Wildman–Crippen LogP) is 1.43. The lowest BCUT2D eigenvalue weighted by atomic mass is 9.84. The smallest absolute Gasteiger partial charge is 0.0659 e. The number of ether oxygens (including phenoxy) is 1. The van der Waals surface area contributed by atoms with Crippen molar-refractivity contribution >= 4 is 0 Å². The van der Waals surface area contributed by atoms with E-state index in [4.69, 9.17) is 4.74 Å². The fourth-order valence-electron chi connectivity index (χ4n) is 2.79. The van der Waals surface area contributed by atoms with Crippen molar-refractivity contribution in [2.24, 2.45) is 17.8 Å². The van der Waals surface area contributed by atoms with E-state index in [1.807, 2.05) is 0 Å². The van der Waals surface area contributed by atoms with E-state index in [1.165, 1.54) is 0 Å². The van der Waals surface area contributed by atoms with Crippen molar-refractivity contribution in [3.63, 3.8) is 0 Å². The number of aliphatic hydroxyl groups excluding tert-OH is 1. The molecular formula is C10H18O2. The maximum absolute atomic E-state index is 9.68. The maximum Gasteiger partial charge on any atom is 0.0659 e. The molecule has 1 aliphatic carbocycles. The van der Waals surface area contributed by atoms with Gasteiger partial charge >= 0.3 is 0 Å². The Morgan fingerprint density at radius 2 is 2.08 bits per heavy atom. The zero-order valence-corrected chi connectivity index (χ0v) is 8.08. The van der Waals surface area contributed by atoms with Crippen LogP contribution in [0.1, 0.15) is 27.2 Å². The molecule has 70 valence electrons. The highest BCUT2D eigenvalue weighted by Crippen LogP contribution is 2.49. The normalized spacial score (nSPS) is 51.0. The molecule has 0 spiro atoms. The van der Waals surface area contributed by atoms with Crippen LogP contribution in [-0.4, -0.2) is 23.4 Å². The van der Waals surface area contributed by atoms with Gasteiger partial charge < -0.3 is 9.84 Å². The van der Waals surface area contributed by atoms with Gasteiger partial charge in [-0.15, -0.1) is 0 Å². The summed E-state index contributed by atoms with van der Waals surface area (Å²) in [4.78, 5) is 0. The average molecular weight is 170 g/mol. The van der Waals surface area contributed by atoms with Gasteiger partial charge in [0.15, 0.2) is 0 Å². The Bertz CT molecular complexity index is 188. The molecular weight excluding hydrogens is 152 g/mol. The van der Waals surface area contributed by atoms with Gasteiger partial charge in [0.05, 0.1) is 18.3 Å². The van der Waals surface area contributed by atoms with Gasteiger partial charge in [-0.1, -0.05) is 6.92 Å². The third kappa shape index (κ3) is 1.01. The lowest BCUT2D eigenvalue weighted by Gasteiger charge is -2.24. The number of aliphatic hydroxyl groups is 1. The molecule has 12 heavy (non-hydrogen) atoms. The van der Waals surface area contributed by atoms with Gasteiger partial charge in [0.25, 0.3) is 0 Å². The quantitative estimate of drug-likeness (QED) is 0.596. The van der Waals surface area contributed by atoms with Gasteiger partial charge in [0.2, 0.25) is 0 Å². The second-order valence-corrected chi connectivity index (χ2v) is 4.85. The molecule has 2 rings (SSSR count). The average Bonchev–Trinajstić information content (AvgIpc) is 2.40. The summed E-state index contributed by atoms with van der Waals surface area (Å²) < 4.78 is 5.71. The Balaban J connectivity index is 2.19. The van der Waals surface area contributed by atoms with Crippen molar-refractivity contribution in [2.45, 2.75) is 38.9 Å². The number of hydrogen-bond donors (Lipinski definition) is 1. The van der Waals surface area contributed by atoms with Crippen LogP contribution in [0.25, 0.3) is 0 Å².